The van der Waals surface area contributed by atoms with Gasteiger partial charge in [-0.15, -0.1) is 0 Å². The van der Waals surface area contributed by atoms with Gasteiger partial charge < -0.3 is 39.6 Å². The predicted molar refractivity (Wildman–Crippen MR) is 242 cm³/mol. The molecule has 350 valence electrons. The Morgan fingerprint density at radius 3 is 2.46 bits per heavy atom. The van der Waals surface area contributed by atoms with Crippen LogP contribution in [0.4, 0.5) is 16.0 Å². The number of anilines is 2. The van der Waals surface area contributed by atoms with Crippen LogP contribution in [0.3, 0.4) is 0 Å². The summed E-state index contributed by atoms with van der Waals surface area (Å²) >= 11 is 6.44. The minimum Gasteiger partial charge on any atom is -0.496 e. The fourth-order valence-corrected chi connectivity index (χ4v) is 7.91. The molecular formula is C47H42ClFN8O11. The standard InChI is InChI=1S/C47H42ClFN8O11/c1-64-34-7-4-6-32(49)40(34)42-31-19-26(48)9-11-28(31)41-25(21-51-42)22-52-47(56-41)54-27-10-12-29(36(20-27)65-2)43(60)50-15-16-66-17-18-67-24-53-38(59)23-68-35-8-3-5-30-39(35)46(63)57(45(30)62)33-13-14-37(58)55-44(33)61/h3-12,19-20,22,33H,13-18,21,23-24H2,1-2H3,(H,50,60)(H,53,59)(H,52,54,56)(H,55,58,61). The quantitative estimate of drug-likeness (QED) is 0.0543. The van der Waals surface area contributed by atoms with E-state index < -0.39 is 53.9 Å². The van der Waals surface area contributed by atoms with Gasteiger partial charge in [-0.1, -0.05) is 29.8 Å². The number of nitrogens with zero attached hydrogens (tertiary/aromatic N) is 4. The number of carbonyl (C=O) groups is 6. The molecule has 3 aliphatic heterocycles. The van der Waals surface area contributed by atoms with Gasteiger partial charge in [0, 0.05) is 52.6 Å². The SMILES string of the molecule is COc1cc(Nc2ncc3c(n2)-c2ccc(Cl)cc2C(c2c(F)cccc2OC)=NC3)ccc1C(=O)NCCOCCOCNC(=O)COc1cccc2c1C(=O)N(C1CCC(=O)NC1=O)C2=O. The van der Waals surface area contributed by atoms with Crippen molar-refractivity contribution in [1.82, 2.24) is 30.8 Å². The first-order valence-electron chi connectivity index (χ1n) is 21.1. The van der Waals surface area contributed by atoms with Crippen LogP contribution in [-0.4, -0.2) is 116 Å². The molecule has 6 amide bonds. The van der Waals surface area contributed by atoms with E-state index in [1.54, 1.807) is 54.7 Å². The minimum absolute atomic E-state index is 0.00430. The van der Waals surface area contributed by atoms with Crippen LogP contribution < -0.4 is 35.5 Å². The van der Waals surface area contributed by atoms with Gasteiger partial charge in [-0.25, -0.2) is 14.4 Å². The number of benzene rings is 4. The first kappa shape index (κ1) is 46.7. The maximum atomic E-state index is 15.3. The number of nitrogens with one attached hydrogen (secondary N) is 4. The van der Waals surface area contributed by atoms with Crippen molar-refractivity contribution in [3.63, 3.8) is 0 Å². The van der Waals surface area contributed by atoms with Crippen molar-refractivity contribution in [1.29, 1.82) is 0 Å². The number of piperidine rings is 1. The number of aliphatic imine (C=N–C) groups is 1. The van der Waals surface area contributed by atoms with Crippen molar-refractivity contribution in [3.05, 3.63) is 123 Å². The summed E-state index contributed by atoms with van der Waals surface area (Å²) in [5, 5.41) is 11.0. The first-order chi connectivity index (χ1) is 32.9. The Kier molecular flexibility index (Phi) is 14.3. The van der Waals surface area contributed by atoms with Gasteiger partial charge in [0.15, 0.2) is 6.61 Å². The molecule has 1 atom stereocenters. The summed E-state index contributed by atoms with van der Waals surface area (Å²) < 4.78 is 42.8. The van der Waals surface area contributed by atoms with Crippen LogP contribution in [0.25, 0.3) is 11.3 Å². The van der Waals surface area contributed by atoms with E-state index in [1.165, 1.54) is 38.5 Å². The highest BCUT2D eigenvalue weighted by atomic mass is 35.5. The van der Waals surface area contributed by atoms with E-state index in [0.717, 1.165) is 4.90 Å². The molecule has 1 aromatic heterocycles. The number of halogens is 2. The fourth-order valence-electron chi connectivity index (χ4n) is 7.74. The molecular weight excluding hydrogens is 907 g/mol. The van der Waals surface area contributed by atoms with Crippen LogP contribution in [-0.2, 0) is 30.4 Å². The molecule has 0 spiro atoms. The van der Waals surface area contributed by atoms with Gasteiger partial charge in [-0.05, 0) is 55.0 Å². The van der Waals surface area contributed by atoms with Gasteiger partial charge in [0.25, 0.3) is 23.6 Å². The van der Waals surface area contributed by atoms with Gasteiger partial charge in [-0.2, -0.15) is 0 Å². The zero-order valence-electron chi connectivity index (χ0n) is 36.5. The monoisotopic (exact) mass is 948 g/mol. The third-order valence-electron chi connectivity index (χ3n) is 11.0. The van der Waals surface area contributed by atoms with E-state index in [-0.39, 0.29) is 92.2 Å². The number of hydrogen-bond donors (Lipinski definition) is 4. The second-order valence-corrected chi connectivity index (χ2v) is 15.7. The third-order valence-corrected chi connectivity index (χ3v) is 11.2. The van der Waals surface area contributed by atoms with Crippen molar-refractivity contribution in [2.45, 2.75) is 25.4 Å². The van der Waals surface area contributed by atoms with Crippen LogP contribution in [0.15, 0.2) is 84.0 Å². The number of amides is 6. The average Bonchev–Trinajstić information content (AvgIpc) is 3.48. The maximum Gasteiger partial charge on any atom is 0.266 e. The summed E-state index contributed by atoms with van der Waals surface area (Å²) in [7, 11) is 2.91. The number of methoxy groups -OCH3 is 2. The highest BCUT2D eigenvalue weighted by Gasteiger charge is 2.46. The Morgan fingerprint density at radius 2 is 1.65 bits per heavy atom. The molecule has 21 heteroatoms. The van der Waals surface area contributed by atoms with Crippen molar-refractivity contribution >= 4 is 64.4 Å². The number of ether oxygens (including phenoxy) is 5. The molecule has 68 heavy (non-hydrogen) atoms. The Hall–Kier alpha value is -7.81. The van der Waals surface area contributed by atoms with E-state index in [2.05, 4.69) is 26.3 Å². The molecule has 1 fully saturated rings. The van der Waals surface area contributed by atoms with Gasteiger partial charge in [0.2, 0.25) is 17.8 Å². The summed E-state index contributed by atoms with van der Waals surface area (Å²) in [6.07, 6.45) is 1.63. The number of aromatic nitrogens is 2. The highest BCUT2D eigenvalue weighted by molar-refractivity contribution is 6.32. The summed E-state index contributed by atoms with van der Waals surface area (Å²) in [6.45, 7) is 0.0881. The third kappa shape index (κ3) is 9.97. The Bertz CT molecular complexity index is 2880. The average molecular weight is 949 g/mol. The van der Waals surface area contributed by atoms with Crippen molar-refractivity contribution in [3.8, 4) is 28.5 Å². The molecule has 19 nitrogen and oxygen atoms in total. The largest absolute Gasteiger partial charge is 0.496 e. The lowest BCUT2D eigenvalue weighted by atomic mass is 9.94. The molecule has 3 aliphatic rings. The number of fused-ring (bicyclic) bond motifs is 4. The number of rotatable bonds is 18. The van der Waals surface area contributed by atoms with Gasteiger partial charge in [0.1, 0.15) is 35.8 Å². The van der Waals surface area contributed by atoms with E-state index in [0.29, 0.717) is 44.6 Å². The smallest absolute Gasteiger partial charge is 0.266 e. The van der Waals surface area contributed by atoms with E-state index >= 15 is 4.39 Å². The Morgan fingerprint density at radius 1 is 0.853 bits per heavy atom. The molecule has 0 bridgehead atoms. The topological polar surface area (TPSA) is 238 Å². The second kappa shape index (κ2) is 20.8. The highest BCUT2D eigenvalue weighted by Crippen LogP contribution is 2.37. The molecule has 5 aromatic rings. The summed E-state index contributed by atoms with van der Waals surface area (Å²) in [5.74, 6) is -3.29. The Labute approximate surface area is 392 Å². The summed E-state index contributed by atoms with van der Waals surface area (Å²) in [6, 6.07) is 17.9. The lowest BCUT2D eigenvalue weighted by Crippen LogP contribution is -2.54. The van der Waals surface area contributed by atoms with Crippen LogP contribution in [0.5, 0.6) is 17.2 Å². The van der Waals surface area contributed by atoms with E-state index in [9.17, 15) is 28.8 Å². The maximum absolute atomic E-state index is 15.3. The molecule has 4 heterocycles. The van der Waals surface area contributed by atoms with Crippen LogP contribution in [0.1, 0.15) is 60.6 Å². The van der Waals surface area contributed by atoms with Crippen LogP contribution in [0.2, 0.25) is 5.02 Å². The van der Waals surface area contributed by atoms with E-state index in [4.69, 9.17) is 45.3 Å². The fraction of sp³-hybridized carbons (Fsp3) is 0.255. The second-order valence-electron chi connectivity index (χ2n) is 15.2. The lowest BCUT2D eigenvalue weighted by Gasteiger charge is -2.27. The number of carbonyl (C=O) groups excluding carboxylic acids is 6. The van der Waals surface area contributed by atoms with Gasteiger partial charge >= 0.3 is 0 Å². The Balaban J connectivity index is 0.770. The zero-order valence-corrected chi connectivity index (χ0v) is 37.2. The van der Waals surface area contributed by atoms with Crippen LogP contribution in [0, 0.1) is 5.82 Å². The number of imide groups is 2. The van der Waals surface area contributed by atoms with Crippen molar-refractivity contribution in [2.24, 2.45) is 4.99 Å². The molecule has 1 saturated heterocycles. The summed E-state index contributed by atoms with van der Waals surface area (Å²) in [5.41, 5.74) is 3.86. The molecule has 0 aliphatic carbocycles. The molecule has 1 unspecified atom stereocenters. The first-order valence-corrected chi connectivity index (χ1v) is 21.5. The molecule has 0 saturated carbocycles. The van der Waals surface area contributed by atoms with Gasteiger partial charge in [0.05, 0.1) is 74.2 Å². The molecule has 8 rings (SSSR count). The van der Waals surface area contributed by atoms with Crippen molar-refractivity contribution < 1.29 is 56.8 Å². The van der Waals surface area contributed by atoms with Crippen LogP contribution >= 0.6 is 11.6 Å². The molecule has 4 N–H and O–H groups in total. The number of hydrogen-bond acceptors (Lipinski definition) is 15. The molecule has 0 radical (unpaired) electrons. The molecule has 4 aromatic carbocycles. The van der Waals surface area contributed by atoms with Gasteiger partial charge in [-0.3, -0.25) is 44.0 Å². The predicted octanol–water partition coefficient (Wildman–Crippen LogP) is 4.36. The minimum atomic E-state index is -1.14. The lowest BCUT2D eigenvalue weighted by molar-refractivity contribution is -0.136. The normalized spacial score (nSPS) is 15.0. The van der Waals surface area contributed by atoms with Crippen molar-refractivity contribution in [2.75, 3.05) is 59.2 Å². The van der Waals surface area contributed by atoms with E-state index in [1.807, 2.05) is 0 Å². The zero-order chi connectivity index (χ0) is 47.9. The summed E-state index contributed by atoms with van der Waals surface area (Å²) in [4.78, 5) is 90.7.